The molecule has 1 N–H and O–H groups in total. The lowest BCUT2D eigenvalue weighted by Crippen LogP contribution is -1.91. The van der Waals surface area contributed by atoms with E-state index in [0.29, 0.717) is 5.15 Å². The highest BCUT2D eigenvalue weighted by atomic mass is 35.5. The van der Waals surface area contributed by atoms with Crippen LogP contribution in [0, 0.1) is 0 Å². The van der Waals surface area contributed by atoms with Crippen molar-refractivity contribution in [2.75, 3.05) is 0 Å². The Hall–Kier alpha value is -1.06. The SMILES string of the molecule is Cn1ccc2c(CO)cc(Cl)nc21. The van der Waals surface area contributed by atoms with E-state index in [-0.39, 0.29) is 6.61 Å². The number of rotatable bonds is 1. The number of fused-ring (bicyclic) bond motifs is 1. The van der Waals surface area contributed by atoms with Crippen LogP contribution in [0.4, 0.5) is 0 Å². The average Bonchev–Trinajstić information content (AvgIpc) is 2.47. The first-order valence-corrected chi connectivity index (χ1v) is 4.31. The molecule has 2 aromatic heterocycles. The molecule has 0 amide bonds. The van der Waals surface area contributed by atoms with Crippen LogP contribution >= 0.6 is 11.6 Å². The first-order chi connectivity index (χ1) is 6.22. The summed E-state index contributed by atoms with van der Waals surface area (Å²) >= 11 is 5.80. The van der Waals surface area contributed by atoms with Crippen molar-refractivity contribution in [2.24, 2.45) is 7.05 Å². The van der Waals surface area contributed by atoms with E-state index in [4.69, 9.17) is 16.7 Å². The van der Waals surface area contributed by atoms with Gasteiger partial charge in [-0.15, -0.1) is 0 Å². The fourth-order valence-corrected chi connectivity index (χ4v) is 1.61. The van der Waals surface area contributed by atoms with Gasteiger partial charge in [-0.1, -0.05) is 11.6 Å². The van der Waals surface area contributed by atoms with Gasteiger partial charge in [-0.25, -0.2) is 4.98 Å². The summed E-state index contributed by atoms with van der Waals surface area (Å²) in [5.41, 5.74) is 1.62. The summed E-state index contributed by atoms with van der Waals surface area (Å²) in [6.07, 6.45) is 1.90. The molecule has 0 aromatic carbocycles. The van der Waals surface area contributed by atoms with Crippen molar-refractivity contribution in [1.82, 2.24) is 9.55 Å². The third kappa shape index (κ3) is 1.30. The van der Waals surface area contributed by atoms with Gasteiger partial charge >= 0.3 is 0 Å². The molecule has 4 heteroatoms. The molecule has 0 unspecified atom stereocenters. The Balaban J connectivity index is 2.84. The predicted molar refractivity (Wildman–Crippen MR) is 51.6 cm³/mol. The quantitative estimate of drug-likeness (QED) is 0.706. The molecule has 0 aliphatic rings. The molecule has 13 heavy (non-hydrogen) atoms. The van der Waals surface area contributed by atoms with Gasteiger partial charge in [0.25, 0.3) is 0 Å². The van der Waals surface area contributed by atoms with E-state index in [1.807, 2.05) is 23.9 Å². The lowest BCUT2D eigenvalue weighted by atomic mass is 10.2. The van der Waals surface area contributed by atoms with E-state index in [2.05, 4.69) is 4.98 Å². The molecule has 2 heterocycles. The molecule has 0 spiro atoms. The zero-order chi connectivity index (χ0) is 9.42. The van der Waals surface area contributed by atoms with Gasteiger partial charge in [0.2, 0.25) is 0 Å². The second kappa shape index (κ2) is 3.01. The van der Waals surface area contributed by atoms with Gasteiger partial charge in [0.05, 0.1) is 6.61 Å². The average molecular weight is 197 g/mol. The monoisotopic (exact) mass is 196 g/mol. The van der Waals surface area contributed by atoms with Crippen molar-refractivity contribution in [3.63, 3.8) is 0 Å². The standard InChI is InChI=1S/C9H9ClN2O/c1-12-3-2-7-6(5-13)4-8(10)11-9(7)12/h2-4,13H,5H2,1H3. The normalized spacial score (nSPS) is 11.0. The summed E-state index contributed by atoms with van der Waals surface area (Å²) in [7, 11) is 1.90. The maximum atomic E-state index is 9.07. The number of hydrogen-bond acceptors (Lipinski definition) is 2. The van der Waals surface area contributed by atoms with Gasteiger partial charge in [-0.2, -0.15) is 0 Å². The van der Waals surface area contributed by atoms with Crippen LogP contribution < -0.4 is 0 Å². The largest absolute Gasteiger partial charge is 0.392 e. The molecule has 0 aliphatic carbocycles. The Bertz CT molecular complexity index is 450. The van der Waals surface area contributed by atoms with Crippen LogP contribution in [0.5, 0.6) is 0 Å². The highest BCUT2D eigenvalue weighted by Gasteiger charge is 2.06. The van der Waals surface area contributed by atoms with Crippen LogP contribution in [0.2, 0.25) is 5.15 Å². The van der Waals surface area contributed by atoms with E-state index < -0.39 is 0 Å². The van der Waals surface area contributed by atoms with Gasteiger partial charge in [-0.3, -0.25) is 0 Å². The minimum absolute atomic E-state index is 0.0112. The summed E-state index contributed by atoms with van der Waals surface area (Å²) in [4.78, 5) is 4.16. The number of aliphatic hydroxyl groups excluding tert-OH is 1. The van der Waals surface area contributed by atoms with E-state index in [1.165, 1.54) is 0 Å². The Kier molecular flexibility index (Phi) is 1.98. The van der Waals surface area contributed by atoms with E-state index in [9.17, 15) is 0 Å². The van der Waals surface area contributed by atoms with Gasteiger partial charge in [0.15, 0.2) is 0 Å². The molecule has 0 radical (unpaired) electrons. The fourth-order valence-electron chi connectivity index (χ4n) is 1.40. The first kappa shape index (κ1) is 8.53. The van der Waals surface area contributed by atoms with Crippen molar-refractivity contribution < 1.29 is 5.11 Å². The molecule has 2 rings (SSSR count). The number of hydrogen-bond donors (Lipinski definition) is 1. The van der Waals surface area contributed by atoms with Crippen LogP contribution in [0.25, 0.3) is 11.0 Å². The van der Waals surface area contributed by atoms with Crippen molar-refractivity contribution in [3.05, 3.63) is 29.0 Å². The molecule has 0 fully saturated rings. The Morgan fingerprint density at radius 2 is 2.38 bits per heavy atom. The Morgan fingerprint density at radius 3 is 3.08 bits per heavy atom. The van der Waals surface area contributed by atoms with E-state index >= 15 is 0 Å². The van der Waals surface area contributed by atoms with Crippen molar-refractivity contribution in [1.29, 1.82) is 0 Å². The number of nitrogens with zero attached hydrogens (tertiary/aromatic N) is 2. The molecule has 3 nitrogen and oxygen atoms in total. The third-order valence-corrected chi connectivity index (χ3v) is 2.26. The summed E-state index contributed by atoms with van der Waals surface area (Å²) < 4.78 is 1.88. The number of pyridine rings is 1. The minimum Gasteiger partial charge on any atom is -0.392 e. The molecule has 0 saturated carbocycles. The second-order valence-corrected chi connectivity index (χ2v) is 3.31. The maximum Gasteiger partial charge on any atom is 0.141 e. The molecular weight excluding hydrogens is 188 g/mol. The smallest absolute Gasteiger partial charge is 0.141 e. The lowest BCUT2D eigenvalue weighted by Gasteiger charge is -2.00. The molecule has 0 aliphatic heterocycles. The first-order valence-electron chi connectivity index (χ1n) is 3.93. The molecule has 0 atom stereocenters. The predicted octanol–water partition coefficient (Wildman–Crippen LogP) is 1.72. The maximum absolute atomic E-state index is 9.07. The Morgan fingerprint density at radius 1 is 1.62 bits per heavy atom. The van der Waals surface area contributed by atoms with Gasteiger partial charge in [0.1, 0.15) is 10.8 Å². The van der Waals surface area contributed by atoms with E-state index in [1.54, 1.807) is 6.07 Å². The fraction of sp³-hybridized carbons (Fsp3) is 0.222. The number of aromatic nitrogens is 2. The second-order valence-electron chi connectivity index (χ2n) is 2.93. The molecule has 68 valence electrons. The summed E-state index contributed by atoms with van der Waals surface area (Å²) in [5.74, 6) is 0. The molecule has 0 bridgehead atoms. The highest BCUT2D eigenvalue weighted by molar-refractivity contribution is 6.29. The van der Waals surface area contributed by atoms with Crippen LogP contribution in [-0.2, 0) is 13.7 Å². The Labute approximate surface area is 80.6 Å². The van der Waals surface area contributed by atoms with Crippen molar-refractivity contribution >= 4 is 22.6 Å². The van der Waals surface area contributed by atoms with Gasteiger partial charge in [-0.05, 0) is 17.7 Å². The number of aliphatic hydroxyl groups is 1. The van der Waals surface area contributed by atoms with Gasteiger partial charge < -0.3 is 9.67 Å². The van der Waals surface area contributed by atoms with Crippen LogP contribution in [0.1, 0.15) is 5.56 Å². The van der Waals surface area contributed by atoms with Crippen LogP contribution in [-0.4, -0.2) is 14.7 Å². The third-order valence-electron chi connectivity index (χ3n) is 2.06. The minimum atomic E-state index is -0.0112. The highest BCUT2D eigenvalue weighted by Crippen LogP contribution is 2.21. The van der Waals surface area contributed by atoms with Crippen LogP contribution in [0.15, 0.2) is 18.3 Å². The van der Waals surface area contributed by atoms with Gasteiger partial charge in [0, 0.05) is 18.6 Å². The summed E-state index contributed by atoms with van der Waals surface area (Å²) in [6, 6.07) is 3.61. The molecule has 0 saturated heterocycles. The summed E-state index contributed by atoms with van der Waals surface area (Å²) in [5, 5.41) is 10.4. The van der Waals surface area contributed by atoms with Crippen LogP contribution in [0.3, 0.4) is 0 Å². The summed E-state index contributed by atoms with van der Waals surface area (Å²) in [6.45, 7) is -0.0112. The van der Waals surface area contributed by atoms with E-state index in [0.717, 1.165) is 16.6 Å². The lowest BCUT2D eigenvalue weighted by molar-refractivity contribution is 0.283. The van der Waals surface area contributed by atoms with Crippen molar-refractivity contribution in [3.8, 4) is 0 Å². The number of halogens is 1. The molecular formula is C9H9ClN2O. The molecule has 2 aromatic rings. The number of aryl methyl sites for hydroxylation is 1. The zero-order valence-electron chi connectivity index (χ0n) is 7.16. The van der Waals surface area contributed by atoms with Crippen molar-refractivity contribution in [2.45, 2.75) is 6.61 Å². The zero-order valence-corrected chi connectivity index (χ0v) is 7.91. The topological polar surface area (TPSA) is 38.0 Å².